The van der Waals surface area contributed by atoms with Crippen LogP contribution in [0.5, 0.6) is 5.88 Å². The second-order valence-electron chi connectivity index (χ2n) is 5.97. The van der Waals surface area contributed by atoms with E-state index in [-0.39, 0.29) is 24.6 Å². The summed E-state index contributed by atoms with van der Waals surface area (Å²) in [5.41, 5.74) is 2.15. The lowest BCUT2D eigenvalue weighted by Gasteiger charge is -2.10. The van der Waals surface area contributed by atoms with Crippen molar-refractivity contribution < 1.29 is 24.0 Å². The molecule has 5 nitrogen and oxygen atoms in total. The second-order valence-corrected chi connectivity index (χ2v) is 5.97. The number of halogens is 1. The lowest BCUT2D eigenvalue weighted by Crippen LogP contribution is -2.33. The van der Waals surface area contributed by atoms with Crippen LogP contribution in [0.1, 0.15) is 21.5 Å². The minimum atomic E-state index is -1.58. The predicted molar refractivity (Wildman–Crippen MR) is 99.3 cm³/mol. The third-order valence-corrected chi connectivity index (χ3v) is 4.05. The molecule has 0 saturated heterocycles. The largest absolute Gasteiger partial charge is 0.488 e. The van der Waals surface area contributed by atoms with Crippen molar-refractivity contribution in [2.24, 2.45) is 0 Å². The number of carbonyl (C=O) groups excluding carboxylic acids is 1. The fraction of sp³-hybridized carbons (Fsp3) is 0.100. The standard InChI is InChI=1S/C20H17BFNO4/c22-17-8-5-14(6-9-17)11-19(24)15-7-10-20(23-12-15)27-13-16-3-1-2-4-18(16)21(25)26/h1-10,12,25-26H,11,13H2. The highest BCUT2D eigenvalue weighted by Gasteiger charge is 2.15. The molecule has 3 aromatic rings. The minimum absolute atomic E-state index is 0.115. The number of Topliss-reactive ketones (excluding diaryl/α,β-unsaturated/α-hetero) is 1. The van der Waals surface area contributed by atoms with Crippen LogP contribution in [-0.4, -0.2) is 27.9 Å². The summed E-state index contributed by atoms with van der Waals surface area (Å²) in [7, 11) is -1.58. The molecule has 2 aromatic carbocycles. The van der Waals surface area contributed by atoms with Gasteiger partial charge in [-0.3, -0.25) is 4.79 Å². The molecule has 1 aromatic heterocycles. The third-order valence-electron chi connectivity index (χ3n) is 4.05. The smallest absolute Gasteiger partial charge is 0.473 e. The first-order valence-corrected chi connectivity index (χ1v) is 8.33. The fourth-order valence-corrected chi connectivity index (χ4v) is 2.59. The second kappa shape index (κ2) is 8.57. The Hall–Kier alpha value is -3.03. The SMILES string of the molecule is O=C(Cc1ccc(F)cc1)c1ccc(OCc2ccccc2B(O)O)nc1. The van der Waals surface area contributed by atoms with Gasteiger partial charge in [-0.25, -0.2) is 9.37 Å². The summed E-state index contributed by atoms with van der Waals surface area (Å²) >= 11 is 0. The first-order chi connectivity index (χ1) is 13.0. The van der Waals surface area contributed by atoms with Crippen molar-refractivity contribution in [3.05, 3.63) is 89.4 Å². The number of aromatic nitrogens is 1. The highest BCUT2D eigenvalue weighted by Crippen LogP contribution is 2.13. The highest BCUT2D eigenvalue weighted by molar-refractivity contribution is 6.59. The van der Waals surface area contributed by atoms with E-state index in [2.05, 4.69) is 4.98 Å². The van der Waals surface area contributed by atoms with Crippen molar-refractivity contribution in [3.63, 3.8) is 0 Å². The maximum atomic E-state index is 12.9. The van der Waals surface area contributed by atoms with Crippen molar-refractivity contribution in [1.29, 1.82) is 0 Å². The zero-order valence-corrected chi connectivity index (χ0v) is 14.4. The molecule has 3 rings (SSSR count). The maximum absolute atomic E-state index is 12.9. The van der Waals surface area contributed by atoms with Gasteiger partial charge in [-0.15, -0.1) is 0 Å². The van der Waals surface area contributed by atoms with Crippen LogP contribution < -0.4 is 10.2 Å². The first kappa shape index (κ1) is 18.8. The van der Waals surface area contributed by atoms with Crippen LogP contribution >= 0.6 is 0 Å². The van der Waals surface area contributed by atoms with Gasteiger partial charge in [0.15, 0.2) is 5.78 Å². The van der Waals surface area contributed by atoms with E-state index in [4.69, 9.17) is 4.74 Å². The van der Waals surface area contributed by atoms with Crippen LogP contribution in [-0.2, 0) is 13.0 Å². The quantitative estimate of drug-likeness (QED) is 0.494. The molecule has 0 aliphatic heterocycles. The normalized spacial score (nSPS) is 10.5. The molecule has 0 aliphatic rings. The zero-order valence-electron chi connectivity index (χ0n) is 14.4. The molecule has 0 saturated carbocycles. The van der Waals surface area contributed by atoms with Crippen LogP contribution in [0, 0.1) is 5.82 Å². The molecule has 0 radical (unpaired) electrons. The molecular weight excluding hydrogens is 348 g/mol. The van der Waals surface area contributed by atoms with Gasteiger partial charge in [0.1, 0.15) is 12.4 Å². The zero-order chi connectivity index (χ0) is 19.2. The summed E-state index contributed by atoms with van der Waals surface area (Å²) in [6.45, 7) is 0.115. The van der Waals surface area contributed by atoms with E-state index in [0.29, 0.717) is 22.5 Å². The number of rotatable bonds is 7. The van der Waals surface area contributed by atoms with Gasteiger partial charge in [0.25, 0.3) is 0 Å². The number of pyridine rings is 1. The molecule has 1 heterocycles. The number of carbonyl (C=O) groups is 1. The summed E-state index contributed by atoms with van der Waals surface area (Å²) in [5, 5.41) is 18.7. The third kappa shape index (κ3) is 5.00. The Morgan fingerprint density at radius 1 is 1.04 bits per heavy atom. The molecule has 0 spiro atoms. The predicted octanol–water partition coefficient (Wildman–Crippen LogP) is 1.90. The molecule has 2 N–H and O–H groups in total. The van der Waals surface area contributed by atoms with Crippen molar-refractivity contribution >= 4 is 18.4 Å². The van der Waals surface area contributed by atoms with E-state index < -0.39 is 7.12 Å². The summed E-state index contributed by atoms with van der Waals surface area (Å²) in [5.74, 6) is -0.158. The number of ether oxygens (including phenoxy) is 1. The maximum Gasteiger partial charge on any atom is 0.488 e. The van der Waals surface area contributed by atoms with Crippen LogP contribution in [0.2, 0.25) is 0 Å². The van der Waals surface area contributed by atoms with Crippen LogP contribution in [0.25, 0.3) is 0 Å². The monoisotopic (exact) mass is 365 g/mol. The van der Waals surface area contributed by atoms with Crippen molar-refractivity contribution in [1.82, 2.24) is 4.98 Å². The van der Waals surface area contributed by atoms with Crippen LogP contribution in [0.3, 0.4) is 0 Å². The van der Waals surface area contributed by atoms with Gasteiger partial charge in [0.05, 0.1) is 0 Å². The van der Waals surface area contributed by atoms with Crippen LogP contribution in [0.15, 0.2) is 66.9 Å². The minimum Gasteiger partial charge on any atom is -0.473 e. The summed E-state index contributed by atoms with van der Waals surface area (Å²) in [4.78, 5) is 16.4. The molecular formula is C20H17BFNO4. The van der Waals surface area contributed by atoms with Crippen molar-refractivity contribution in [2.45, 2.75) is 13.0 Å². The number of nitrogens with zero attached hydrogens (tertiary/aromatic N) is 1. The van der Waals surface area contributed by atoms with Crippen molar-refractivity contribution in [3.8, 4) is 5.88 Å². The summed E-state index contributed by atoms with van der Waals surface area (Å²) in [6.07, 6.45) is 1.58. The molecule has 0 bridgehead atoms. The van der Waals surface area contributed by atoms with E-state index in [1.54, 1.807) is 48.5 Å². The van der Waals surface area contributed by atoms with E-state index in [9.17, 15) is 19.2 Å². The van der Waals surface area contributed by atoms with Gasteiger partial charge >= 0.3 is 7.12 Å². The van der Waals surface area contributed by atoms with Gasteiger partial charge in [-0.05, 0) is 34.8 Å². The average molecular weight is 365 g/mol. The Morgan fingerprint density at radius 2 is 1.78 bits per heavy atom. The van der Waals surface area contributed by atoms with Gasteiger partial charge in [0, 0.05) is 24.2 Å². The topological polar surface area (TPSA) is 79.7 Å². The number of hydrogen-bond acceptors (Lipinski definition) is 5. The van der Waals surface area contributed by atoms with Gasteiger partial charge in [-0.1, -0.05) is 36.4 Å². The van der Waals surface area contributed by atoms with E-state index in [0.717, 1.165) is 5.56 Å². The Labute approximate surface area is 156 Å². The molecule has 7 heteroatoms. The lowest BCUT2D eigenvalue weighted by atomic mass is 9.77. The molecule has 0 unspecified atom stereocenters. The van der Waals surface area contributed by atoms with E-state index in [1.165, 1.54) is 18.3 Å². The Bertz CT molecular complexity index is 914. The van der Waals surface area contributed by atoms with Crippen molar-refractivity contribution in [2.75, 3.05) is 0 Å². The molecule has 27 heavy (non-hydrogen) atoms. The van der Waals surface area contributed by atoms with Gasteiger partial charge in [0.2, 0.25) is 5.88 Å². The van der Waals surface area contributed by atoms with Gasteiger partial charge < -0.3 is 14.8 Å². The van der Waals surface area contributed by atoms with E-state index >= 15 is 0 Å². The molecule has 0 amide bonds. The number of hydrogen-bond donors (Lipinski definition) is 2. The number of benzene rings is 2. The molecule has 0 aliphatic carbocycles. The Kier molecular flexibility index (Phi) is 5.96. The Balaban J connectivity index is 1.62. The van der Waals surface area contributed by atoms with E-state index in [1.807, 2.05) is 0 Å². The molecule has 136 valence electrons. The fourth-order valence-electron chi connectivity index (χ4n) is 2.59. The Morgan fingerprint density at radius 3 is 2.44 bits per heavy atom. The summed E-state index contributed by atoms with van der Waals surface area (Å²) in [6, 6.07) is 15.8. The molecule has 0 fully saturated rings. The van der Waals surface area contributed by atoms with Crippen LogP contribution in [0.4, 0.5) is 4.39 Å². The highest BCUT2D eigenvalue weighted by atomic mass is 19.1. The number of ketones is 1. The average Bonchev–Trinajstić information content (AvgIpc) is 2.68. The molecule has 0 atom stereocenters. The summed E-state index contributed by atoms with van der Waals surface area (Å²) < 4.78 is 18.5. The first-order valence-electron chi connectivity index (χ1n) is 8.33. The lowest BCUT2D eigenvalue weighted by molar-refractivity contribution is 0.0992. The van der Waals surface area contributed by atoms with Gasteiger partial charge in [-0.2, -0.15) is 0 Å².